The van der Waals surface area contributed by atoms with Crippen LogP contribution in [0.1, 0.15) is 0 Å². The van der Waals surface area contributed by atoms with Crippen LogP contribution in [-0.2, 0) is 4.79 Å². The van der Waals surface area contributed by atoms with Gasteiger partial charge in [0, 0.05) is 29.3 Å². The number of non-ortho nitro benzene ring substituents is 1. The highest BCUT2D eigenvalue weighted by atomic mass is 32.2. The second-order valence-corrected chi connectivity index (χ2v) is 5.72. The molecule has 0 aliphatic carbocycles. The van der Waals surface area contributed by atoms with Crippen molar-refractivity contribution in [2.75, 3.05) is 18.9 Å². The number of hydrogen-bond acceptors (Lipinski definition) is 5. The number of carbonyl (C=O) groups excluding carboxylic acids is 1. The van der Waals surface area contributed by atoms with Crippen molar-refractivity contribution < 1.29 is 14.5 Å². The molecule has 0 saturated carbocycles. The van der Waals surface area contributed by atoms with E-state index < -0.39 is 4.92 Å². The maximum absolute atomic E-state index is 11.6. The summed E-state index contributed by atoms with van der Waals surface area (Å²) >= 11 is 1.66. The summed E-state index contributed by atoms with van der Waals surface area (Å²) in [5, 5.41) is 13.3. The zero-order valence-electron chi connectivity index (χ0n) is 12.3. The van der Waals surface area contributed by atoms with Crippen molar-refractivity contribution in [2.24, 2.45) is 0 Å². The van der Waals surface area contributed by atoms with Gasteiger partial charge in [-0.2, -0.15) is 0 Å². The van der Waals surface area contributed by atoms with Crippen LogP contribution in [0.15, 0.2) is 59.5 Å². The molecular weight excluding hydrogens is 316 g/mol. The molecule has 6 nitrogen and oxygen atoms in total. The van der Waals surface area contributed by atoms with Crippen LogP contribution in [-0.4, -0.2) is 29.7 Å². The first kappa shape index (κ1) is 16.8. The standard InChI is InChI=1S/C16H16N2O4S/c19-16(17-10-11-23-15-4-2-1-3-5-15)12-22-14-8-6-13(7-9-14)18(20)21/h1-9H,10-12H2,(H,17,19). The van der Waals surface area contributed by atoms with Crippen LogP contribution in [0.4, 0.5) is 5.69 Å². The monoisotopic (exact) mass is 332 g/mol. The summed E-state index contributed by atoms with van der Waals surface area (Å²) in [5.74, 6) is 0.967. The van der Waals surface area contributed by atoms with Gasteiger partial charge in [-0.3, -0.25) is 14.9 Å². The predicted molar refractivity (Wildman–Crippen MR) is 88.8 cm³/mol. The van der Waals surface area contributed by atoms with Crippen molar-refractivity contribution in [3.05, 3.63) is 64.7 Å². The Morgan fingerprint density at radius 3 is 2.48 bits per heavy atom. The molecular formula is C16H16N2O4S. The molecule has 0 aliphatic heterocycles. The summed E-state index contributed by atoms with van der Waals surface area (Å²) in [6.45, 7) is 0.426. The topological polar surface area (TPSA) is 81.5 Å². The molecule has 2 rings (SSSR count). The van der Waals surface area contributed by atoms with Gasteiger partial charge >= 0.3 is 0 Å². The number of thioether (sulfide) groups is 1. The number of rotatable bonds is 8. The minimum absolute atomic E-state index is 0.0141. The molecule has 2 aromatic rings. The van der Waals surface area contributed by atoms with Crippen molar-refractivity contribution in [3.63, 3.8) is 0 Å². The minimum Gasteiger partial charge on any atom is -0.484 e. The van der Waals surface area contributed by atoms with Crippen molar-refractivity contribution in [1.82, 2.24) is 5.32 Å². The van der Waals surface area contributed by atoms with E-state index in [1.165, 1.54) is 24.3 Å². The van der Waals surface area contributed by atoms with E-state index in [0.29, 0.717) is 12.3 Å². The third-order valence-corrected chi connectivity index (χ3v) is 3.87. The minimum atomic E-state index is -0.485. The lowest BCUT2D eigenvalue weighted by Crippen LogP contribution is -2.30. The van der Waals surface area contributed by atoms with Gasteiger partial charge in [-0.25, -0.2) is 0 Å². The van der Waals surface area contributed by atoms with Crippen LogP contribution >= 0.6 is 11.8 Å². The number of nitro groups is 1. The SMILES string of the molecule is O=C(COc1ccc([N+](=O)[O-])cc1)NCCSc1ccccc1. The largest absolute Gasteiger partial charge is 0.484 e. The van der Waals surface area contributed by atoms with E-state index in [2.05, 4.69) is 5.32 Å². The first-order chi connectivity index (χ1) is 11.1. The molecule has 0 unspecified atom stereocenters. The van der Waals surface area contributed by atoms with Crippen molar-refractivity contribution >= 4 is 23.4 Å². The van der Waals surface area contributed by atoms with Gasteiger partial charge in [-0.15, -0.1) is 11.8 Å². The summed E-state index contributed by atoms with van der Waals surface area (Å²) < 4.78 is 5.28. The zero-order valence-corrected chi connectivity index (χ0v) is 13.1. The molecule has 2 aromatic carbocycles. The molecule has 120 valence electrons. The van der Waals surface area contributed by atoms with E-state index in [9.17, 15) is 14.9 Å². The maximum atomic E-state index is 11.6. The first-order valence-electron chi connectivity index (χ1n) is 6.97. The fourth-order valence-corrected chi connectivity index (χ4v) is 2.53. The van der Waals surface area contributed by atoms with Gasteiger partial charge in [0.2, 0.25) is 0 Å². The highest BCUT2D eigenvalue weighted by Gasteiger charge is 2.06. The van der Waals surface area contributed by atoms with Crippen molar-refractivity contribution in [2.45, 2.75) is 4.90 Å². The smallest absolute Gasteiger partial charge is 0.269 e. The van der Waals surface area contributed by atoms with Gasteiger partial charge in [-0.1, -0.05) is 18.2 Å². The summed E-state index contributed by atoms with van der Waals surface area (Å²) in [6, 6.07) is 15.6. The lowest BCUT2D eigenvalue weighted by molar-refractivity contribution is -0.384. The van der Waals surface area contributed by atoms with Gasteiger partial charge < -0.3 is 10.1 Å². The Morgan fingerprint density at radius 1 is 1.13 bits per heavy atom. The summed E-state index contributed by atoms with van der Waals surface area (Å²) in [7, 11) is 0. The Hall–Kier alpha value is -2.54. The number of hydrogen-bond donors (Lipinski definition) is 1. The van der Waals surface area contributed by atoms with Crippen molar-refractivity contribution in [3.8, 4) is 5.75 Å². The molecule has 1 amide bonds. The number of benzene rings is 2. The van der Waals surface area contributed by atoms with Gasteiger partial charge in [0.1, 0.15) is 5.75 Å². The number of carbonyl (C=O) groups is 1. The molecule has 23 heavy (non-hydrogen) atoms. The Kier molecular flexibility index (Phi) is 6.43. The van der Waals surface area contributed by atoms with Gasteiger partial charge in [0.05, 0.1) is 4.92 Å². The van der Waals surface area contributed by atoms with E-state index in [1.54, 1.807) is 11.8 Å². The third kappa shape index (κ3) is 5.99. The van der Waals surface area contributed by atoms with Crippen LogP contribution in [0.5, 0.6) is 5.75 Å². The molecule has 0 atom stereocenters. The van der Waals surface area contributed by atoms with Gasteiger partial charge in [-0.05, 0) is 24.3 Å². The third-order valence-electron chi connectivity index (χ3n) is 2.85. The number of nitrogens with one attached hydrogen (secondary N) is 1. The number of amides is 1. The van der Waals surface area contributed by atoms with Gasteiger partial charge in [0.15, 0.2) is 6.61 Å². The summed E-state index contributed by atoms with van der Waals surface area (Å²) in [6.07, 6.45) is 0. The Morgan fingerprint density at radius 2 is 1.83 bits per heavy atom. The summed E-state index contributed by atoms with van der Waals surface area (Å²) in [4.78, 5) is 22.8. The highest BCUT2D eigenvalue weighted by Crippen LogP contribution is 2.17. The fraction of sp³-hybridized carbons (Fsp3) is 0.188. The fourth-order valence-electron chi connectivity index (χ4n) is 1.74. The Labute approximate surface area is 138 Å². The molecule has 0 aromatic heterocycles. The quantitative estimate of drug-likeness (QED) is 0.348. The Bertz CT molecular complexity index is 647. The summed E-state index contributed by atoms with van der Waals surface area (Å²) in [5.41, 5.74) is -0.0141. The number of ether oxygens (including phenoxy) is 1. The second kappa shape index (κ2) is 8.79. The van der Waals surface area contributed by atoms with E-state index in [1.807, 2.05) is 30.3 Å². The zero-order chi connectivity index (χ0) is 16.5. The Balaban J connectivity index is 1.64. The normalized spacial score (nSPS) is 10.1. The lowest BCUT2D eigenvalue weighted by Gasteiger charge is -2.07. The average Bonchev–Trinajstić information content (AvgIpc) is 2.58. The second-order valence-electron chi connectivity index (χ2n) is 4.55. The van der Waals surface area contributed by atoms with E-state index in [-0.39, 0.29) is 18.2 Å². The molecule has 0 spiro atoms. The van der Waals surface area contributed by atoms with E-state index in [4.69, 9.17) is 4.74 Å². The molecule has 0 saturated heterocycles. The van der Waals surface area contributed by atoms with Crippen LogP contribution < -0.4 is 10.1 Å². The average molecular weight is 332 g/mol. The highest BCUT2D eigenvalue weighted by molar-refractivity contribution is 7.99. The van der Waals surface area contributed by atoms with Crippen molar-refractivity contribution in [1.29, 1.82) is 0 Å². The predicted octanol–water partition coefficient (Wildman–Crippen LogP) is 2.88. The van der Waals surface area contributed by atoms with Crippen LogP contribution in [0, 0.1) is 10.1 Å². The van der Waals surface area contributed by atoms with E-state index >= 15 is 0 Å². The van der Waals surface area contributed by atoms with Gasteiger partial charge in [0.25, 0.3) is 11.6 Å². The maximum Gasteiger partial charge on any atom is 0.269 e. The van der Waals surface area contributed by atoms with Crippen LogP contribution in [0.2, 0.25) is 0 Å². The number of nitrogens with zero attached hydrogens (tertiary/aromatic N) is 1. The molecule has 7 heteroatoms. The van der Waals surface area contributed by atoms with Crippen LogP contribution in [0.25, 0.3) is 0 Å². The number of nitro benzene ring substituents is 1. The molecule has 0 aliphatic rings. The van der Waals surface area contributed by atoms with E-state index in [0.717, 1.165) is 10.6 Å². The molecule has 0 fully saturated rings. The van der Waals surface area contributed by atoms with Crippen LogP contribution in [0.3, 0.4) is 0 Å². The lowest BCUT2D eigenvalue weighted by atomic mass is 10.3. The molecule has 1 N–H and O–H groups in total. The molecule has 0 heterocycles. The first-order valence-corrected chi connectivity index (χ1v) is 7.95. The molecule has 0 radical (unpaired) electrons. The molecule has 0 bridgehead atoms.